The normalized spacial score (nSPS) is 14.0. The topological polar surface area (TPSA) is 25.2 Å². The highest BCUT2D eigenvalue weighted by Crippen LogP contribution is 2.31. The Morgan fingerprint density at radius 3 is 2.67 bits per heavy atom. The van der Waals surface area contributed by atoms with Crippen LogP contribution in [0.25, 0.3) is 10.9 Å². The quantitative estimate of drug-likeness (QED) is 0.619. The number of aromatic nitrogens is 1. The van der Waals surface area contributed by atoms with E-state index in [0.29, 0.717) is 28.7 Å². The fourth-order valence-electron chi connectivity index (χ4n) is 3.50. The van der Waals surface area contributed by atoms with Gasteiger partial charge in [0.1, 0.15) is 0 Å². The van der Waals surface area contributed by atoms with Crippen LogP contribution >= 0.6 is 23.2 Å². The van der Waals surface area contributed by atoms with Crippen LogP contribution in [-0.4, -0.2) is 21.9 Å². The monoisotopic (exact) mass is 358 g/mol. The molecule has 5 heteroatoms. The smallest absolute Gasteiger partial charge is 0.254 e. The standard InChI is InChI=1S/C19H16Cl2N2O/c1-22-17-5-3-2-4-13(17)14-8-9-23(11-18(14)22)19(24)12-6-7-15(20)16(21)10-12/h2-7,10H,8-9,11H2,1H3. The van der Waals surface area contributed by atoms with E-state index in [1.165, 1.54) is 22.2 Å². The Labute approximate surface area is 150 Å². The number of benzene rings is 2. The van der Waals surface area contributed by atoms with Crippen molar-refractivity contribution < 1.29 is 4.79 Å². The summed E-state index contributed by atoms with van der Waals surface area (Å²) in [5.41, 5.74) is 4.35. The number of halogens is 2. The molecule has 2 aromatic carbocycles. The van der Waals surface area contributed by atoms with Crippen molar-refractivity contribution in [1.82, 2.24) is 9.47 Å². The predicted octanol–water partition coefficient (Wildman–Crippen LogP) is 4.68. The van der Waals surface area contributed by atoms with Crippen LogP contribution in [-0.2, 0) is 20.0 Å². The average molecular weight is 359 g/mol. The van der Waals surface area contributed by atoms with Gasteiger partial charge in [-0.25, -0.2) is 0 Å². The van der Waals surface area contributed by atoms with E-state index in [1.54, 1.807) is 18.2 Å². The molecule has 122 valence electrons. The number of para-hydroxylation sites is 1. The van der Waals surface area contributed by atoms with Crippen LogP contribution in [0.3, 0.4) is 0 Å². The Morgan fingerprint density at radius 2 is 1.88 bits per heavy atom. The molecule has 0 radical (unpaired) electrons. The highest BCUT2D eigenvalue weighted by atomic mass is 35.5. The van der Waals surface area contributed by atoms with E-state index in [1.807, 2.05) is 11.0 Å². The van der Waals surface area contributed by atoms with Crippen LogP contribution in [0.4, 0.5) is 0 Å². The summed E-state index contributed by atoms with van der Waals surface area (Å²) in [6.07, 6.45) is 0.865. The van der Waals surface area contributed by atoms with Gasteiger partial charge in [0, 0.05) is 35.8 Å². The maximum Gasteiger partial charge on any atom is 0.254 e. The van der Waals surface area contributed by atoms with E-state index in [4.69, 9.17) is 23.2 Å². The van der Waals surface area contributed by atoms with E-state index < -0.39 is 0 Å². The van der Waals surface area contributed by atoms with Crippen molar-refractivity contribution in [3.05, 3.63) is 69.3 Å². The average Bonchev–Trinajstić information content (AvgIpc) is 2.89. The largest absolute Gasteiger partial charge is 0.346 e. The molecule has 0 bridgehead atoms. The van der Waals surface area contributed by atoms with E-state index in [0.717, 1.165) is 6.42 Å². The fourth-order valence-corrected chi connectivity index (χ4v) is 3.79. The lowest BCUT2D eigenvalue weighted by Crippen LogP contribution is -2.36. The van der Waals surface area contributed by atoms with Gasteiger partial charge >= 0.3 is 0 Å². The van der Waals surface area contributed by atoms with Gasteiger partial charge in [-0.15, -0.1) is 0 Å². The van der Waals surface area contributed by atoms with Gasteiger partial charge in [-0.1, -0.05) is 41.4 Å². The zero-order valence-electron chi connectivity index (χ0n) is 13.2. The molecule has 3 aromatic rings. The molecule has 24 heavy (non-hydrogen) atoms. The molecule has 0 saturated heterocycles. The highest BCUT2D eigenvalue weighted by molar-refractivity contribution is 6.42. The molecule has 1 amide bonds. The Morgan fingerprint density at radius 1 is 1.08 bits per heavy atom. The van der Waals surface area contributed by atoms with Crippen LogP contribution in [0.1, 0.15) is 21.6 Å². The number of amides is 1. The second-order valence-corrected chi connectivity index (χ2v) is 6.92. The zero-order valence-corrected chi connectivity index (χ0v) is 14.7. The van der Waals surface area contributed by atoms with Gasteiger partial charge in [-0.3, -0.25) is 4.79 Å². The summed E-state index contributed by atoms with van der Waals surface area (Å²) in [6.45, 7) is 1.32. The third-order valence-electron chi connectivity index (χ3n) is 4.77. The summed E-state index contributed by atoms with van der Waals surface area (Å²) in [5, 5.41) is 2.16. The van der Waals surface area contributed by atoms with Crippen molar-refractivity contribution in [1.29, 1.82) is 0 Å². The molecular formula is C19H16Cl2N2O. The summed E-state index contributed by atoms with van der Waals surface area (Å²) in [5.74, 6) is -0.00975. The third-order valence-corrected chi connectivity index (χ3v) is 5.51. The number of aryl methyl sites for hydroxylation is 1. The Balaban J connectivity index is 1.69. The molecule has 0 N–H and O–H groups in total. The number of carbonyl (C=O) groups is 1. The molecule has 0 fully saturated rings. The van der Waals surface area contributed by atoms with Crippen molar-refractivity contribution in [3.8, 4) is 0 Å². The van der Waals surface area contributed by atoms with Crippen LogP contribution in [0, 0.1) is 0 Å². The summed E-state index contributed by atoms with van der Waals surface area (Å²) in [4.78, 5) is 14.7. The van der Waals surface area contributed by atoms with Gasteiger partial charge in [0.15, 0.2) is 0 Å². The summed E-state index contributed by atoms with van der Waals surface area (Å²) in [7, 11) is 2.06. The molecule has 3 nitrogen and oxygen atoms in total. The molecule has 4 rings (SSSR count). The van der Waals surface area contributed by atoms with Crippen LogP contribution < -0.4 is 0 Å². The Bertz CT molecular complexity index is 961. The molecule has 0 saturated carbocycles. The van der Waals surface area contributed by atoms with E-state index in [9.17, 15) is 4.79 Å². The molecular weight excluding hydrogens is 343 g/mol. The van der Waals surface area contributed by atoms with Crippen LogP contribution in [0.2, 0.25) is 10.0 Å². The number of hydrogen-bond donors (Lipinski definition) is 0. The summed E-state index contributed by atoms with van der Waals surface area (Å²) < 4.78 is 2.19. The fraction of sp³-hybridized carbons (Fsp3) is 0.211. The number of hydrogen-bond acceptors (Lipinski definition) is 1. The lowest BCUT2D eigenvalue weighted by molar-refractivity contribution is 0.0731. The van der Waals surface area contributed by atoms with Gasteiger partial charge in [0.05, 0.1) is 16.6 Å². The van der Waals surface area contributed by atoms with Crippen LogP contribution in [0.15, 0.2) is 42.5 Å². The van der Waals surface area contributed by atoms with Crippen LogP contribution in [0.5, 0.6) is 0 Å². The lowest BCUT2D eigenvalue weighted by atomic mass is 10.0. The SMILES string of the molecule is Cn1c2c(c3ccccc31)CCN(C(=O)c1ccc(Cl)c(Cl)c1)C2. The maximum atomic E-state index is 12.8. The number of rotatable bonds is 1. The zero-order chi connectivity index (χ0) is 16.8. The number of carbonyl (C=O) groups excluding carboxylic acids is 1. The maximum absolute atomic E-state index is 12.8. The van der Waals surface area contributed by atoms with Crippen molar-refractivity contribution in [2.45, 2.75) is 13.0 Å². The van der Waals surface area contributed by atoms with Gasteiger partial charge in [-0.2, -0.15) is 0 Å². The first-order valence-electron chi connectivity index (χ1n) is 7.86. The Kier molecular flexibility index (Phi) is 3.78. The summed E-state index contributed by atoms with van der Waals surface area (Å²) >= 11 is 12.0. The highest BCUT2D eigenvalue weighted by Gasteiger charge is 2.26. The van der Waals surface area contributed by atoms with Gasteiger partial charge in [0.2, 0.25) is 0 Å². The second-order valence-electron chi connectivity index (χ2n) is 6.11. The molecule has 0 spiro atoms. The van der Waals surface area contributed by atoms with Crippen molar-refractivity contribution in [3.63, 3.8) is 0 Å². The molecule has 0 aliphatic carbocycles. The molecule has 0 atom stereocenters. The molecule has 0 unspecified atom stereocenters. The van der Waals surface area contributed by atoms with Crippen molar-refractivity contribution in [2.24, 2.45) is 7.05 Å². The number of fused-ring (bicyclic) bond motifs is 3. The minimum atomic E-state index is -0.00975. The first kappa shape index (κ1) is 15.6. The first-order valence-corrected chi connectivity index (χ1v) is 8.61. The van der Waals surface area contributed by atoms with Gasteiger partial charge in [-0.05, 0) is 36.2 Å². The third kappa shape index (κ3) is 2.40. The van der Waals surface area contributed by atoms with E-state index in [-0.39, 0.29) is 5.91 Å². The van der Waals surface area contributed by atoms with E-state index in [2.05, 4.69) is 29.8 Å². The van der Waals surface area contributed by atoms with Crippen molar-refractivity contribution in [2.75, 3.05) is 6.54 Å². The molecule has 1 aliphatic rings. The molecule has 1 aliphatic heterocycles. The minimum Gasteiger partial charge on any atom is -0.346 e. The predicted molar refractivity (Wildman–Crippen MR) is 97.8 cm³/mol. The van der Waals surface area contributed by atoms with Crippen molar-refractivity contribution >= 4 is 40.0 Å². The van der Waals surface area contributed by atoms with Gasteiger partial charge < -0.3 is 9.47 Å². The first-order chi connectivity index (χ1) is 11.6. The molecule has 1 aromatic heterocycles. The lowest BCUT2D eigenvalue weighted by Gasteiger charge is -2.28. The summed E-state index contributed by atoms with van der Waals surface area (Å²) in [6, 6.07) is 13.4. The van der Waals surface area contributed by atoms with Gasteiger partial charge in [0.25, 0.3) is 5.91 Å². The number of nitrogens with zero attached hydrogens (tertiary/aromatic N) is 2. The second kappa shape index (κ2) is 5.83. The minimum absolute atomic E-state index is 0.00975. The van der Waals surface area contributed by atoms with E-state index >= 15 is 0 Å². The molecule has 2 heterocycles. The Hall–Kier alpha value is -1.97.